The van der Waals surface area contributed by atoms with E-state index in [0.29, 0.717) is 18.9 Å². The zero-order valence-electron chi connectivity index (χ0n) is 15.6. The number of allylic oxidation sites excluding steroid dienone is 2. The topological polar surface area (TPSA) is 59.2 Å². The summed E-state index contributed by atoms with van der Waals surface area (Å²) in [4.78, 5) is 18.9. The standard InChI is InChI=1S/C19H29N3O2/c1-18(2,3)22-12-13(11-15(22)23)16-20-17(21-24-16)19(4,5)14-9-7-6-8-10-14/h9,13H,6-8,10-12H2,1-5H3. The minimum atomic E-state index is -0.200. The minimum Gasteiger partial charge on any atom is -0.339 e. The molecule has 1 aromatic heterocycles. The van der Waals surface area contributed by atoms with E-state index in [1.807, 2.05) is 4.90 Å². The molecule has 1 aromatic rings. The second-order valence-electron chi connectivity index (χ2n) is 8.63. The fourth-order valence-corrected chi connectivity index (χ4v) is 3.73. The zero-order valence-corrected chi connectivity index (χ0v) is 15.6. The third-order valence-electron chi connectivity index (χ3n) is 5.38. The summed E-state index contributed by atoms with van der Waals surface area (Å²) in [5, 5.41) is 4.26. The number of hydrogen-bond acceptors (Lipinski definition) is 4. The molecular formula is C19H29N3O2. The third kappa shape index (κ3) is 3.13. The molecule has 3 rings (SSSR count). The van der Waals surface area contributed by atoms with E-state index in [-0.39, 0.29) is 22.8 Å². The van der Waals surface area contributed by atoms with Crippen molar-refractivity contribution in [3.05, 3.63) is 23.4 Å². The van der Waals surface area contributed by atoms with Gasteiger partial charge < -0.3 is 9.42 Å². The third-order valence-corrected chi connectivity index (χ3v) is 5.38. The second-order valence-corrected chi connectivity index (χ2v) is 8.63. The van der Waals surface area contributed by atoms with Crippen LogP contribution in [0.5, 0.6) is 0 Å². The maximum absolute atomic E-state index is 12.3. The summed E-state index contributed by atoms with van der Waals surface area (Å²) in [6.45, 7) is 11.2. The van der Waals surface area contributed by atoms with E-state index >= 15 is 0 Å². The van der Waals surface area contributed by atoms with Crippen LogP contribution >= 0.6 is 0 Å². The van der Waals surface area contributed by atoms with E-state index in [1.54, 1.807) is 0 Å². The van der Waals surface area contributed by atoms with Crippen LogP contribution in [0.4, 0.5) is 0 Å². The summed E-state index contributed by atoms with van der Waals surface area (Å²) in [5.74, 6) is 1.53. The summed E-state index contributed by atoms with van der Waals surface area (Å²) in [6.07, 6.45) is 7.54. The Morgan fingerprint density at radius 3 is 2.54 bits per heavy atom. The van der Waals surface area contributed by atoms with Crippen molar-refractivity contribution in [2.45, 2.75) is 83.6 Å². The van der Waals surface area contributed by atoms with E-state index in [9.17, 15) is 4.79 Å². The molecular weight excluding hydrogens is 302 g/mol. The summed E-state index contributed by atoms with van der Waals surface area (Å²) in [5.41, 5.74) is 1.04. The molecule has 1 aliphatic heterocycles. The summed E-state index contributed by atoms with van der Waals surface area (Å²) < 4.78 is 5.57. The highest BCUT2D eigenvalue weighted by atomic mass is 16.5. The zero-order chi connectivity index (χ0) is 17.5. The van der Waals surface area contributed by atoms with Gasteiger partial charge in [0.2, 0.25) is 11.8 Å². The number of amides is 1. The minimum absolute atomic E-state index is 0.00844. The first-order chi connectivity index (χ1) is 11.2. The second kappa shape index (κ2) is 6.01. The molecule has 0 saturated carbocycles. The molecule has 0 N–H and O–H groups in total. The molecule has 0 spiro atoms. The Balaban J connectivity index is 1.79. The van der Waals surface area contributed by atoms with Gasteiger partial charge in [-0.1, -0.05) is 16.8 Å². The SMILES string of the molecule is CC(C)(C1=CCCCC1)c1noc(C2CC(=O)N(C(C)(C)C)C2)n1. The van der Waals surface area contributed by atoms with E-state index in [0.717, 1.165) is 18.7 Å². The van der Waals surface area contributed by atoms with Gasteiger partial charge in [0, 0.05) is 23.9 Å². The van der Waals surface area contributed by atoms with Crippen molar-refractivity contribution in [1.82, 2.24) is 15.0 Å². The fourth-order valence-electron chi connectivity index (χ4n) is 3.73. The number of aromatic nitrogens is 2. The highest BCUT2D eigenvalue weighted by molar-refractivity contribution is 5.80. The van der Waals surface area contributed by atoms with Crippen molar-refractivity contribution < 1.29 is 9.32 Å². The normalized spacial score (nSPS) is 22.9. The molecule has 1 unspecified atom stereocenters. The quantitative estimate of drug-likeness (QED) is 0.787. The first-order valence-electron chi connectivity index (χ1n) is 9.03. The molecule has 1 atom stereocenters. The van der Waals surface area contributed by atoms with Crippen LogP contribution in [-0.4, -0.2) is 33.0 Å². The predicted molar refractivity (Wildman–Crippen MR) is 92.7 cm³/mol. The molecule has 0 bridgehead atoms. The Bertz CT molecular complexity index is 652. The summed E-state index contributed by atoms with van der Waals surface area (Å²) in [7, 11) is 0. The van der Waals surface area contributed by atoms with Crippen LogP contribution in [0.3, 0.4) is 0 Å². The lowest BCUT2D eigenvalue weighted by Crippen LogP contribution is -2.42. The first-order valence-corrected chi connectivity index (χ1v) is 9.03. The average Bonchev–Trinajstić information content (AvgIpc) is 3.14. The van der Waals surface area contributed by atoms with E-state index < -0.39 is 0 Å². The lowest BCUT2D eigenvalue weighted by Gasteiger charge is -2.31. The molecule has 1 aliphatic carbocycles. The van der Waals surface area contributed by atoms with Gasteiger partial charge in [-0.3, -0.25) is 4.79 Å². The van der Waals surface area contributed by atoms with Crippen LogP contribution in [0.2, 0.25) is 0 Å². The highest BCUT2D eigenvalue weighted by Gasteiger charge is 2.40. The number of carbonyl (C=O) groups excluding carboxylic acids is 1. The van der Waals surface area contributed by atoms with E-state index in [2.05, 4.69) is 45.9 Å². The van der Waals surface area contributed by atoms with Crippen molar-refractivity contribution >= 4 is 5.91 Å². The molecule has 1 fully saturated rings. The Morgan fingerprint density at radius 2 is 1.96 bits per heavy atom. The van der Waals surface area contributed by atoms with Crippen LogP contribution in [-0.2, 0) is 10.2 Å². The molecule has 5 heteroatoms. The fraction of sp³-hybridized carbons (Fsp3) is 0.737. The van der Waals surface area contributed by atoms with Crippen molar-refractivity contribution in [3.8, 4) is 0 Å². The monoisotopic (exact) mass is 331 g/mol. The molecule has 0 aromatic carbocycles. The van der Waals surface area contributed by atoms with Gasteiger partial charge in [0.15, 0.2) is 5.82 Å². The van der Waals surface area contributed by atoms with Crippen LogP contribution in [0.15, 0.2) is 16.2 Å². The molecule has 1 saturated heterocycles. The average molecular weight is 331 g/mol. The van der Waals surface area contributed by atoms with Crippen molar-refractivity contribution in [3.63, 3.8) is 0 Å². The number of hydrogen-bond donors (Lipinski definition) is 0. The van der Waals surface area contributed by atoms with Gasteiger partial charge in [0.1, 0.15) is 0 Å². The van der Waals surface area contributed by atoms with Crippen molar-refractivity contribution in [1.29, 1.82) is 0 Å². The number of nitrogens with zero attached hydrogens (tertiary/aromatic N) is 3. The first kappa shape index (κ1) is 17.2. The highest BCUT2D eigenvalue weighted by Crippen LogP contribution is 2.37. The van der Waals surface area contributed by atoms with Gasteiger partial charge in [-0.2, -0.15) is 4.98 Å². The Morgan fingerprint density at radius 1 is 1.21 bits per heavy atom. The van der Waals surface area contributed by atoms with Crippen molar-refractivity contribution in [2.75, 3.05) is 6.54 Å². The number of carbonyl (C=O) groups is 1. The maximum Gasteiger partial charge on any atom is 0.232 e. The van der Waals surface area contributed by atoms with E-state index in [4.69, 9.17) is 9.51 Å². The Hall–Kier alpha value is -1.65. The molecule has 24 heavy (non-hydrogen) atoms. The number of rotatable bonds is 3. The summed E-state index contributed by atoms with van der Waals surface area (Å²) >= 11 is 0. The lowest BCUT2D eigenvalue weighted by molar-refractivity contribution is -0.131. The summed E-state index contributed by atoms with van der Waals surface area (Å²) in [6, 6.07) is 0. The van der Waals surface area contributed by atoms with Gasteiger partial charge in [0.25, 0.3) is 0 Å². The molecule has 2 aliphatic rings. The van der Waals surface area contributed by atoms with Crippen LogP contribution in [0, 0.1) is 0 Å². The molecule has 2 heterocycles. The lowest BCUT2D eigenvalue weighted by atomic mass is 9.78. The van der Waals surface area contributed by atoms with Crippen LogP contribution < -0.4 is 0 Å². The van der Waals surface area contributed by atoms with Crippen molar-refractivity contribution in [2.24, 2.45) is 0 Å². The predicted octanol–water partition coefficient (Wildman–Crippen LogP) is 3.96. The Labute approximate surface area is 144 Å². The van der Waals surface area contributed by atoms with E-state index in [1.165, 1.54) is 18.4 Å². The number of likely N-dealkylation sites (tertiary alicyclic amines) is 1. The van der Waals surface area contributed by atoms with Gasteiger partial charge in [0.05, 0.1) is 5.92 Å². The molecule has 5 nitrogen and oxygen atoms in total. The maximum atomic E-state index is 12.3. The Kier molecular flexibility index (Phi) is 4.30. The molecule has 132 valence electrons. The largest absolute Gasteiger partial charge is 0.339 e. The van der Waals surface area contributed by atoms with Gasteiger partial charge in [-0.25, -0.2) is 0 Å². The van der Waals surface area contributed by atoms with Gasteiger partial charge >= 0.3 is 0 Å². The van der Waals surface area contributed by atoms with Gasteiger partial charge in [-0.15, -0.1) is 0 Å². The molecule has 0 radical (unpaired) electrons. The van der Waals surface area contributed by atoms with Gasteiger partial charge in [-0.05, 0) is 60.3 Å². The smallest absolute Gasteiger partial charge is 0.232 e. The van der Waals surface area contributed by atoms with Crippen LogP contribution in [0.25, 0.3) is 0 Å². The molecule has 1 amide bonds. The van der Waals surface area contributed by atoms with Crippen LogP contribution in [0.1, 0.15) is 84.4 Å².